The molecule has 0 spiro atoms. The second-order valence-corrected chi connectivity index (χ2v) is 9.19. The quantitative estimate of drug-likeness (QED) is 0.771. The average Bonchev–Trinajstić information content (AvgIpc) is 3.52. The van der Waals surface area contributed by atoms with E-state index in [4.69, 9.17) is 4.74 Å². The highest BCUT2D eigenvalue weighted by Crippen LogP contribution is 2.33. The molecular weight excluding hydrogens is 376 g/mol. The maximum atomic E-state index is 13.2. The first-order valence-electron chi connectivity index (χ1n) is 9.29. The average molecular weight is 403 g/mol. The lowest BCUT2D eigenvalue weighted by molar-refractivity contribution is 0.0935. The highest BCUT2D eigenvalue weighted by molar-refractivity contribution is 7.92. The molecule has 1 saturated carbocycles. The molecule has 0 unspecified atom stereocenters. The van der Waals surface area contributed by atoms with Gasteiger partial charge in [-0.3, -0.25) is 9.10 Å². The molecule has 0 aliphatic heterocycles. The predicted molar refractivity (Wildman–Crippen MR) is 109 cm³/mol. The van der Waals surface area contributed by atoms with Crippen molar-refractivity contribution in [3.8, 4) is 5.75 Å². The fourth-order valence-corrected chi connectivity index (χ4v) is 4.42. The van der Waals surface area contributed by atoms with E-state index in [9.17, 15) is 13.2 Å². The van der Waals surface area contributed by atoms with Crippen molar-refractivity contribution in [2.75, 3.05) is 18.5 Å². The lowest BCUT2D eigenvalue weighted by Crippen LogP contribution is -2.34. The molecule has 1 atom stereocenters. The van der Waals surface area contributed by atoms with Crippen LogP contribution in [0.5, 0.6) is 5.75 Å². The zero-order valence-electron chi connectivity index (χ0n) is 16.6. The molecule has 150 valence electrons. The smallest absolute Gasteiger partial charge is 0.264 e. The predicted octanol–water partition coefficient (Wildman–Crippen LogP) is 3.36. The van der Waals surface area contributed by atoms with E-state index in [0.29, 0.717) is 22.9 Å². The number of rotatable bonds is 7. The van der Waals surface area contributed by atoms with Gasteiger partial charge in [-0.1, -0.05) is 18.2 Å². The Morgan fingerprint density at radius 2 is 1.89 bits per heavy atom. The number of anilines is 1. The number of carbonyl (C=O) groups excluding carboxylic acids is 1. The summed E-state index contributed by atoms with van der Waals surface area (Å²) in [7, 11) is -0.888. The van der Waals surface area contributed by atoms with E-state index < -0.39 is 10.0 Å². The van der Waals surface area contributed by atoms with Crippen LogP contribution in [0.15, 0.2) is 47.4 Å². The summed E-state index contributed by atoms with van der Waals surface area (Å²) in [4.78, 5) is 12.8. The first-order valence-corrected chi connectivity index (χ1v) is 10.7. The van der Waals surface area contributed by atoms with Crippen LogP contribution < -0.4 is 14.4 Å². The number of aryl methyl sites for hydroxylation is 1. The van der Waals surface area contributed by atoms with Crippen molar-refractivity contribution >= 4 is 21.6 Å². The number of benzene rings is 2. The molecule has 7 heteroatoms. The fourth-order valence-electron chi connectivity index (χ4n) is 3.18. The van der Waals surface area contributed by atoms with Gasteiger partial charge in [0.25, 0.3) is 15.9 Å². The van der Waals surface area contributed by atoms with Crippen molar-refractivity contribution in [2.24, 2.45) is 5.92 Å². The van der Waals surface area contributed by atoms with Crippen LogP contribution in [0, 0.1) is 12.8 Å². The van der Waals surface area contributed by atoms with Gasteiger partial charge in [-0.15, -0.1) is 0 Å². The topological polar surface area (TPSA) is 75.7 Å². The zero-order valence-corrected chi connectivity index (χ0v) is 17.4. The van der Waals surface area contributed by atoms with Crippen LogP contribution in [-0.4, -0.2) is 34.5 Å². The molecule has 1 aliphatic carbocycles. The van der Waals surface area contributed by atoms with Gasteiger partial charge in [0.05, 0.1) is 17.7 Å². The molecule has 3 rings (SSSR count). The molecular formula is C21H26N2O4S. The van der Waals surface area contributed by atoms with Gasteiger partial charge in [0.2, 0.25) is 0 Å². The Morgan fingerprint density at radius 1 is 1.21 bits per heavy atom. The molecule has 2 aromatic carbocycles. The first-order chi connectivity index (χ1) is 13.3. The van der Waals surface area contributed by atoms with Gasteiger partial charge in [0.15, 0.2) is 0 Å². The maximum absolute atomic E-state index is 13.2. The molecule has 0 radical (unpaired) electrons. The van der Waals surface area contributed by atoms with Crippen LogP contribution in [0.25, 0.3) is 0 Å². The van der Waals surface area contributed by atoms with Gasteiger partial charge in [0, 0.05) is 18.7 Å². The number of nitrogens with one attached hydrogen (secondary N) is 1. The molecule has 6 nitrogen and oxygen atoms in total. The first kappa shape index (κ1) is 20.2. The summed E-state index contributed by atoms with van der Waals surface area (Å²) in [5.74, 6) is 0.735. The van der Waals surface area contributed by atoms with Crippen LogP contribution in [0.2, 0.25) is 0 Å². The number of sulfonamides is 1. The van der Waals surface area contributed by atoms with Crippen LogP contribution in [0.1, 0.15) is 35.7 Å². The number of nitrogens with zero attached hydrogens (tertiary/aromatic N) is 1. The van der Waals surface area contributed by atoms with Crippen molar-refractivity contribution in [2.45, 2.75) is 37.6 Å². The highest BCUT2D eigenvalue weighted by atomic mass is 32.2. The molecule has 28 heavy (non-hydrogen) atoms. The van der Waals surface area contributed by atoms with Crippen molar-refractivity contribution in [3.05, 3.63) is 53.6 Å². The van der Waals surface area contributed by atoms with E-state index in [0.717, 1.165) is 18.4 Å². The van der Waals surface area contributed by atoms with Gasteiger partial charge < -0.3 is 10.1 Å². The van der Waals surface area contributed by atoms with Gasteiger partial charge >= 0.3 is 0 Å². The molecule has 0 bridgehead atoms. The number of hydrogen-bond acceptors (Lipinski definition) is 4. The van der Waals surface area contributed by atoms with Crippen molar-refractivity contribution in [3.63, 3.8) is 0 Å². The minimum atomic E-state index is -3.86. The van der Waals surface area contributed by atoms with E-state index in [1.807, 2.05) is 6.92 Å². The molecule has 1 aliphatic rings. The lowest BCUT2D eigenvalue weighted by atomic mass is 10.1. The summed E-state index contributed by atoms with van der Waals surface area (Å²) in [6.07, 6.45) is 2.25. The van der Waals surface area contributed by atoms with E-state index in [1.54, 1.807) is 37.3 Å². The highest BCUT2D eigenvalue weighted by Gasteiger charge is 2.30. The summed E-state index contributed by atoms with van der Waals surface area (Å²) in [5, 5.41) is 2.99. The summed E-state index contributed by atoms with van der Waals surface area (Å²) in [6.45, 7) is 3.79. The van der Waals surface area contributed by atoms with Crippen molar-refractivity contribution < 1.29 is 17.9 Å². The van der Waals surface area contributed by atoms with Gasteiger partial charge in [-0.25, -0.2) is 8.42 Å². The van der Waals surface area contributed by atoms with E-state index in [-0.39, 0.29) is 16.8 Å². The van der Waals surface area contributed by atoms with Gasteiger partial charge in [-0.05, 0) is 62.4 Å². The summed E-state index contributed by atoms with van der Waals surface area (Å²) >= 11 is 0. The number of methoxy groups -OCH3 is 1. The van der Waals surface area contributed by atoms with E-state index >= 15 is 0 Å². The Labute approximate surface area is 166 Å². The SMILES string of the molecule is COc1ccccc1N(C)S(=O)(=O)c1ccc(C)c(C(=O)N[C@@H](C)C2CC2)c1. The lowest BCUT2D eigenvalue weighted by Gasteiger charge is -2.22. The Hall–Kier alpha value is -2.54. The molecule has 0 saturated heterocycles. The normalized spacial score (nSPS) is 15.0. The van der Waals surface area contributed by atoms with Crippen molar-refractivity contribution in [1.29, 1.82) is 0 Å². The van der Waals surface area contributed by atoms with E-state index in [2.05, 4.69) is 5.32 Å². The third-order valence-corrected chi connectivity index (χ3v) is 6.99. The minimum Gasteiger partial charge on any atom is -0.495 e. The van der Waals surface area contributed by atoms with Gasteiger partial charge in [0.1, 0.15) is 5.75 Å². The molecule has 0 aromatic heterocycles. The van der Waals surface area contributed by atoms with Crippen LogP contribution in [-0.2, 0) is 10.0 Å². The molecule has 2 aromatic rings. The van der Waals surface area contributed by atoms with Crippen molar-refractivity contribution in [1.82, 2.24) is 5.32 Å². The third kappa shape index (κ3) is 3.99. The van der Waals surface area contributed by atoms with Crippen LogP contribution in [0.4, 0.5) is 5.69 Å². The standard InChI is InChI=1S/C21H26N2O4S/c1-14-9-12-17(13-18(14)21(24)22-15(2)16-10-11-16)28(25,26)23(3)19-7-5-6-8-20(19)27-4/h5-9,12-13,15-16H,10-11H2,1-4H3,(H,22,24)/t15-/m0/s1. The molecule has 1 amide bonds. The zero-order chi connectivity index (χ0) is 20.5. The molecule has 0 heterocycles. The van der Waals surface area contributed by atoms with Gasteiger partial charge in [-0.2, -0.15) is 0 Å². The third-order valence-electron chi connectivity index (χ3n) is 5.22. The number of hydrogen-bond donors (Lipinski definition) is 1. The van der Waals surface area contributed by atoms with Crippen LogP contribution >= 0.6 is 0 Å². The Kier molecular flexibility index (Phi) is 5.65. The molecule has 1 N–H and O–H groups in total. The Morgan fingerprint density at radius 3 is 2.54 bits per heavy atom. The summed E-state index contributed by atoms with van der Waals surface area (Å²) in [6, 6.07) is 11.6. The second kappa shape index (κ2) is 7.83. The van der Waals surface area contributed by atoms with Crippen LogP contribution in [0.3, 0.4) is 0 Å². The monoisotopic (exact) mass is 402 g/mol. The number of para-hydroxylation sites is 2. The summed E-state index contributed by atoms with van der Waals surface area (Å²) < 4.78 is 32.8. The number of carbonyl (C=O) groups is 1. The summed E-state index contributed by atoms with van der Waals surface area (Å²) in [5.41, 5.74) is 1.54. The Balaban J connectivity index is 1.92. The fraction of sp³-hybridized carbons (Fsp3) is 0.381. The van der Waals surface area contributed by atoms with E-state index in [1.165, 1.54) is 30.6 Å². The molecule has 1 fully saturated rings. The second-order valence-electron chi connectivity index (χ2n) is 7.22. The number of ether oxygens (including phenoxy) is 1. The maximum Gasteiger partial charge on any atom is 0.264 e. The minimum absolute atomic E-state index is 0.0655. The largest absolute Gasteiger partial charge is 0.495 e. The number of amides is 1. The Bertz CT molecular complexity index is 984.